The van der Waals surface area contributed by atoms with Crippen LogP contribution in [0.4, 0.5) is 0 Å². The second-order valence-electron chi connectivity index (χ2n) is 4.56. The minimum Gasteiger partial charge on any atom is -0.114 e. The van der Waals surface area contributed by atoms with E-state index in [2.05, 4.69) is 30.4 Å². The molecule has 1 heterocycles. The van der Waals surface area contributed by atoms with Gasteiger partial charge in [0.25, 0.3) is 0 Å². The van der Waals surface area contributed by atoms with Crippen molar-refractivity contribution in [3.8, 4) is 0 Å². The van der Waals surface area contributed by atoms with Gasteiger partial charge in [0.1, 0.15) is 0 Å². The van der Waals surface area contributed by atoms with Gasteiger partial charge in [-0.3, -0.25) is 0 Å². The van der Waals surface area contributed by atoms with E-state index >= 15 is 0 Å². The molecule has 2 unspecified atom stereocenters. The predicted octanol–water partition coefficient (Wildman–Crippen LogP) is 3.83. The highest BCUT2D eigenvalue weighted by atomic mass is 31.1. The summed E-state index contributed by atoms with van der Waals surface area (Å²) in [5, 5.41) is 0. The number of hydrogen-bond donors (Lipinski definition) is 0. The lowest BCUT2D eigenvalue weighted by molar-refractivity contribution is 0.716. The summed E-state index contributed by atoms with van der Waals surface area (Å²) >= 11 is 0. The third-order valence-electron chi connectivity index (χ3n) is 3.63. The summed E-state index contributed by atoms with van der Waals surface area (Å²) in [6.45, 7) is 0. The van der Waals surface area contributed by atoms with Crippen LogP contribution in [0.25, 0.3) is 0 Å². The van der Waals surface area contributed by atoms with Crippen molar-refractivity contribution in [1.29, 1.82) is 0 Å². The fourth-order valence-corrected chi connectivity index (χ4v) is 4.28. The molecule has 0 saturated heterocycles. The first kappa shape index (κ1) is 9.60. The van der Waals surface area contributed by atoms with Gasteiger partial charge in [0.2, 0.25) is 0 Å². The zero-order valence-electron chi connectivity index (χ0n) is 9.00. The van der Waals surface area contributed by atoms with Crippen molar-refractivity contribution in [2.45, 2.75) is 19.3 Å². The third kappa shape index (κ3) is 1.76. The van der Waals surface area contributed by atoms with Crippen LogP contribution < -0.4 is 0 Å². The number of hydrogen-bond acceptors (Lipinski definition) is 0. The average molecular weight is 216 g/mol. The highest BCUT2D eigenvalue weighted by molar-refractivity contribution is 7.38. The first-order valence-corrected chi connectivity index (χ1v) is 7.31. The Hall–Kier alpha value is -0.610. The van der Waals surface area contributed by atoms with Gasteiger partial charge < -0.3 is 0 Å². The van der Waals surface area contributed by atoms with Crippen molar-refractivity contribution in [3.05, 3.63) is 47.1 Å². The normalized spacial score (nSPS) is 30.9. The van der Waals surface area contributed by atoms with Crippen LogP contribution in [-0.2, 0) is 0 Å². The molecule has 0 aromatic rings. The van der Waals surface area contributed by atoms with Crippen LogP contribution in [0.5, 0.6) is 0 Å². The Morgan fingerprint density at radius 2 is 2.20 bits per heavy atom. The molecule has 0 spiro atoms. The minimum absolute atomic E-state index is 0.733. The molecule has 0 saturated carbocycles. The predicted molar refractivity (Wildman–Crippen MR) is 68.8 cm³/mol. The molecule has 2 atom stereocenters. The van der Waals surface area contributed by atoms with E-state index in [1.54, 1.807) is 16.7 Å². The van der Waals surface area contributed by atoms with Crippen molar-refractivity contribution in [2.24, 2.45) is 5.92 Å². The molecule has 0 nitrogen and oxygen atoms in total. The van der Waals surface area contributed by atoms with Gasteiger partial charge in [-0.25, -0.2) is 0 Å². The van der Waals surface area contributed by atoms with Gasteiger partial charge in [-0.2, -0.15) is 0 Å². The van der Waals surface area contributed by atoms with Gasteiger partial charge in [-0.15, -0.1) is 8.58 Å². The smallest absolute Gasteiger partial charge is 0.00889 e. The molecule has 78 valence electrons. The molecule has 0 aromatic carbocycles. The third-order valence-corrected chi connectivity index (χ3v) is 4.96. The topological polar surface area (TPSA) is 0 Å². The van der Waals surface area contributed by atoms with Gasteiger partial charge >= 0.3 is 0 Å². The Labute approximate surface area is 93.6 Å². The van der Waals surface area contributed by atoms with Crippen LogP contribution in [0.3, 0.4) is 0 Å². The molecule has 0 N–H and O–H groups in total. The van der Waals surface area contributed by atoms with Gasteiger partial charge in [0.15, 0.2) is 0 Å². The Morgan fingerprint density at radius 3 is 3.20 bits per heavy atom. The molecular formula is C14H17P. The average Bonchev–Trinajstić information content (AvgIpc) is 2.48. The lowest BCUT2D eigenvalue weighted by atomic mass is 9.81. The van der Waals surface area contributed by atoms with Crippen LogP contribution in [-0.4, -0.2) is 12.3 Å². The molecule has 0 amide bonds. The summed E-state index contributed by atoms with van der Waals surface area (Å²) in [5.41, 5.74) is 5.12. The number of allylic oxidation sites excluding steroid dienone is 8. The lowest BCUT2D eigenvalue weighted by Gasteiger charge is -2.24. The van der Waals surface area contributed by atoms with Crippen LogP contribution in [0.2, 0.25) is 0 Å². The molecule has 15 heavy (non-hydrogen) atoms. The van der Waals surface area contributed by atoms with Crippen LogP contribution in [0.15, 0.2) is 47.1 Å². The van der Waals surface area contributed by atoms with Crippen LogP contribution in [0, 0.1) is 5.92 Å². The van der Waals surface area contributed by atoms with Crippen molar-refractivity contribution in [1.82, 2.24) is 0 Å². The van der Waals surface area contributed by atoms with E-state index in [0.29, 0.717) is 0 Å². The van der Waals surface area contributed by atoms with Gasteiger partial charge in [0.05, 0.1) is 0 Å². The monoisotopic (exact) mass is 216 g/mol. The van der Waals surface area contributed by atoms with Crippen molar-refractivity contribution in [3.63, 3.8) is 0 Å². The maximum Gasteiger partial charge on any atom is 0.00889 e. The highest BCUT2D eigenvalue weighted by Gasteiger charge is 2.24. The fraction of sp³-hybridized carbons (Fsp3) is 0.429. The second-order valence-corrected chi connectivity index (χ2v) is 5.77. The largest absolute Gasteiger partial charge is 0.114 e. The first-order valence-electron chi connectivity index (χ1n) is 5.90. The van der Waals surface area contributed by atoms with Gasteiger partial charge in [0, 0.05) is 5.92 Å². The Balaban J connectivity index is 2.01. The molecule has 3 rings (SSSR count). The molecule has 2 aliphatic carbocycles. The van der Waals surface area contributed by atoms with Crippen molar-refractivity contribution < 1.29 is 0 Å². The zero-order chi connectivity index (χ0) is 10.1. The fourth-order valence-electron chi connectivity index (χ4n) is 2.82. The SMILES string of the molecule is C1=CCC2C(=C1)CPCC1=C2C=CCC1. The molecule has 1 aliphatic heterocycles. The number of rotatable bonds is 0. The highest BCUT2D eigenvalue weighted by Crippen LogP contribution is 2.41. The second kappa shape index (κ2) is 4.10. The van der Waals surface area contributed by atoms with E-state index < -0.39 is 0 Å². The van der Waals surface area contributed by atoms with E-state index in [-0.39, 0.29) is 0 Å². The van der Waals surface area contributed by atoms with Crippen molar-refractivity contribution in [2.75, 3.05) is 12.3 Å². The molecular weight excluding hydrogens is 199 g/mol. The summed E-state index contributed by atoms with van der Waals surface area (Å²) in [6.07, 6.45) is 18.2. The van der Waals surface area contributed by atoms with E-state index in [1.807, 2.05) is 0 Å². The van der Waals surface area contributed by atoms with Crippen LogP contribution >= 0.6 is 8.58 Å². The first-order chi connectivity index (χ1) is 7.45. The molecule has 0 radical (unpaired) electrons. The summed E-state index contributed by atoms with van der Waals surface area (Å²) in [7, 11) is 1.12. The van der Waals surface area contributed by atoms with Gasteiger partial charge in [-0.1, -0.05) is 41.5 Å². The van der Waals surface area contributed by atoms with Crippen LogP contribution in [0.1, 0.15) is 19.3 Å². The maximum atomic E-state index is 2.41. The Morgan fingerprint density at radius 1 is 1.20 bits per heavy atom. The number of fused-ring (bicyclic) bond motifs is 2. The minimum atomic E-state index is 0.733. The lowest BCUT2D eigenvalue weighted by Crippen LogP contribution is -2.11. The molecule has 0 aromatic heterocycles. The quantitative estimate of drug-likeness (QED) is 0.540. The summed E-state index contributed by atoms with van der Waals surface area (Å²) in [5.74, 6) is 0.733. The molecule has 0 fully saturated rings. The molecule has 1 heteroatoms. The Kier molecular flexibility index (Phi) is 2.63. The maximum absolute atomic E-state index is 2.41. The van der Waals surface area contributed by atoms with Gasteiger partial charge in [-0.05, 0) is 37.2 Å². The van der Waals surface area contributed by atoms with Crippen molar-refractivity contribution >= 4 is 8.58 Å². The summed E-state index contributed by atoms with van der Waals surface area (Å²) in [6, 6.07) is 0. The summed E-state index contributed by atoms with van der Waals surface area (Å²) in [4.78, 5) is 0. The van der Waals surface area contributed by atoms with E-state index in [4.69, 9.17) is 0 Å². The summed E-state index contributed by atoms with van der Waals surface area (Å²) < 4.78 is 0. The molecule has 3 aliphatic rings. The van der Waals surface area contributed by atoms with E-state index in [0.717, 1.165) is 14.5 Å². The van der Waals surface area contributed by atoms with E-state index in [1.165, 1.54) is 31.6 Å². The standard InChI is InChI=1S/C14H17P/c1-3-7-13-11(5-1)9-15-10-12-6-2-4-8-14(12)13/h1,3-5,8,13,15H,2,6-7,9-10H2. The van der Waals surface area contributed by atoms with E-state index in [9.17, 15) is 0 Å². The Bertz CT molecular complexity index is 382. The molecule has 0 bridgehead atoms. The zero-order valence-corrected chi connectivity index (χ0v) is 10.00.